The number of rotatable bonds is 3. The smallest absolute Gasteiger partial charge is 0.305 e. The normalized spacial score (nSPS) is 16.8. The molecule has 0 saturated heterocycles. The van der Waals surface area contributed by atoms with Crippen LogP contribution >= 0.6 is 0 Å². The van der Waals surface area contributed by atoms with E-state index in [2.05, 4.69) is 0 Å². The standard InChI is InChI=1S/C16H21NO3/c1-16(2,3)13(10-14(18)19)17-9-8-11-6-4-5-7-12(11)15(17)20/h4-7,13H,8-10H2,1-3H3,(H,18,19). The molecule has 0 aliphatic carbocycles. The summed E-state index contributed by atoms with van der Waals surface area (Å²) in [7, 11) is 0. The highest BCUT2D eigenvalue weighted by Crippen LogP contribution is 2.31. The SMILES string of the molecule is CC(C)(C)C(CC(=O)O)N1CCc2ccccc2C1=O. The van der Waals surface area contributed by atoms with Gasteiger partial charge in [-0.3, -0.25) is 9.59 Å². The number of carbonyl (C=O) groups excluding carboxylic acids is 1. The van der Waals surface area contributed by atoms with Gasteiger partial charge in [0.2, 0.25) is 0 Å². The van der Waals surface area contributed by atoms with Crippen molar-refractivity contribution in [2.75, 3.05) is 6.54 Å². The van der Waals surface area contributed by atoms with Crippen LogP contribution in [0.25, 0.3) is 0 Å². The molecule has 2 rings (SSSR count). The number of amides is 1. The Kier molecular flexibility index (Phi) is 3.84. The van der Waals surface area contributed by atoms with Crippen molar-refractivity contribution in [1.82, 2.24) is 4.90 Å². The highest BCUT2D eigenvalue weighted by molar-refractivity contribution is 5.97. The van der Waals surface area contributed by atoms with Crippen molar-refractivity contribution >= 4 is 11.9 Å². The molecule has 1 aliphatic rings. The molecule has 1 unspecified atom stereocenters. The molecule has 20 heavy (non-hydrogen) atoms. The maximum atomic E-state index is 12.6. The molecule has 1 amide bonds. The molecule has 0 spiro atoms. The molecule has 1 aromatic carbocycles. The Morgan fingerprint density at radius 1 is 1.35 bits per heavy atom. The number of hydrogen-bond acceptors (Lipinski definition) is 2. The lowest BCUT2D eigenvalue weighted by molar-refractivity contribution is -0.139. The molecular formula is C16H21NO3. The van der Waals surface area contributed by atoms with E-state index in [1.165, 1.54) is 0 Å². The lowest BCUT2D eigenvalue weighted by atomic mass is 9.82. The number of aliphatic carboxylic acids is 1. The van der Waals surface area contributed by atoms with Crippen molar-refractivity contribution in [3.05, 3.63) is 35.4 Å². The minimum absolute atomic E-state index is 0.0165. The third kappa shape index (κ3) is 2.84. The van der Waals surface area contributed by atoms with Gasteiger partial charge >= 0.3 is 5.97 Å². The van der Waals surface area contributed by atoms with Crippen molar-refractivity contribution in [1.29, 1.82) is 0 Å². The van der Waals surface area contributed by atoms with Gasteiger partial charge in [-0.15, -0.1) is 0 Å². The van der Waals surface area contributed by atoms with Crippen LogP contribution in [-0.2, 0) is 11.2 Å². The minimum Gasteiger partial charge on any atom is -0.481 e. The summed E-state index contributed by atoms with van der Waals surface area (Å²) in [5, 5.41) is 9.12. The maximum Gasteiger partial charge on any atom is 0.305 e. The van der Waals surface area contributed by atoms with Gasteiger partial charge in [0, 0.05) is 18.2 Å². The van der Waals surface area contributed by atoms with Crippen LogP contribution in [0.15, 0.2) is 24.3 Å². The molecule has 1 heterocycles. The molecule has 1 N–H and O–H groups in total. The van der Waals surface area contributed by atoms with Gasteiger partial charge in [-0.25, -0.2) is 0 Å². The second kappa shape index (κ2) is 5.27. The molecule has 1 atom stereocenters. The second-order valence-electron chi connectivity index (χ2n) is 6.39. The van der Waals surface area contributed by atoms with E-state index in [0.29, 0.717) is 12.1 Å². The Morgan fingerprint density at radius 2 is 2.00 bits per heavy atom. The maximum absolute atomic E-state index is 12.6. The van der Waals surface area contributed by atoms with Gasteiger partial charge in [0.05, 0.1) is 6.42 Å². The lowest BCUT2D eigenvalue weighted by Gasteiger charge is -2.41. The average molecular weight is 275 g/mol. The molecular weight excluding hydrogens is 254 g/mol. The number of fused-ring (bicyclic) bond motifs is 1. The van der Waals surface area contributed by atoms with E-state index in [9.17, 15) is 9.59 Å². The molecule has 1 aromatic rings. The van der Waals surface area contributed by atoms with Crippen molar-refractivity contribution in [2.45, 2.75) is 39.7 Å². The van der Waals surface area contributed by atoms with Crippen LogP contribution in [0.4, 0.5) is 0 Å². The van der Waals surface area contributed by atoms with Gasteiger partial charge in [0.25, 0.3) is 5.91 Å². The predicted octanol–water partition coefficient (Wildman–Crippen LogP) is 2.57. The first-order valence-corrected chi connectivity index (χ1v) is 6.91. The first-order chi connectivity index (χ1) is 9.30. The van der Waals surface area contributed by atoms with Crippen LogP contribution in [-0.4, -0.2) is 34.5 Å². The molecule has 108 valence electrons. The summed E-state index contributed by atoms with van der Waals surface area (Å²) in [6, 6.07) is 7.28. The Balaban J connectivity index is 2.32. The molecule has 1 aliphatic heterocycles. The largest absolute Gasteiger partial charge is 0.481 e. The van der Waals surface area contributed by atoms with Crippen LogP contribution in [0.5, 0.6) is 0 Å². The fourth-order valence-corrected chi connectivity index (χ4v) is 2.79. The van der Waals surface area contributed by atoms with E-state index >= 15 is 0 Å². The molecule has 4 nitrogen and oxygen atoms in total. The first kappa shape index (κ1) is 14.6. The highest BCUT2D eigenvalue weighted by atomic mass is 16.4. The summed E-state index contributed by atoms with van der Waals surface area (Å²) in [6.07, 6.45) is 0.769. The zero-order valence-corrected chi connectivity index (χ0v) is 12.2. The monoisotopic (exact) mass is 275 g/mol. The van der Waals surface area contributed by atoms with Crippen LogP contribution < -0.4 is 0 Å². The van der Waals surface area contributed by atoms with E-state index in [1.54, 1.807) is 4.90 Å². The zero-order chi connectivity index (χ0) is 14.9. The second-order valence-corrected chi connectivity index (χ2v) is 6.39. The number of carbonyl (C=O) groups is 2. The molecule has 0 fully saturated rings. The van der Waals surface area contributed by atoms with Crippen LogP contribution in [0.2, 0.25) is 0 Å². The van der Waals surface area contributed by atoms with E-state index in [4.69, 9.17) is 5.11 Å². The van der Waals surface area contributed by atoms with Crippen LogP contribution in [0, 0.1) is 5.41 Å². The van der Waals surface area contributed by atoms with Crippen molar-refractivity contribution in [3.8, 4) is 0 Å². The van der Waals surface area contributed by atoms with Gasteiger partial charge in [0.15, 0.2) is 0 Å². The van der Waals surface area contributed by atoms with Gasteiger partial charge in [-0.05, 0) is 23.5 Å². The number of carboxylic acids is 1. The Bertz CT molecular complexity index is 531. The summed E-state index contributed by atoms with van der Waals surface area (Å²) >= 11 is 0. The Hall–Kier alpha value is -1.84. The lowest BCUT2D eigenvalue weighted by Crippen LogP contribution is -2.51. The predicted molar refractivity (Wildman–Crippen MR) is 76.7 cm³/mol. The molecule has 0 bridgehead atoms. The van der Waals surface area contributed by atoms with Gasteiger partial charge in [-0.2, -0.15) is 0 Å². The zero-order valence-electron chi connectivity index (χ0n) is 12.2. The first-order valence-electron chi connectivity index (χ1n) is 6.91. The number of benzene rings is 1. The van der Waals surface area contributed by atoms with Gasteiger partial charge in [0.1, 0.15) is 0 Å². The molecule has 0 radical (unpaired) electrons. The summed E-state index contributed by atoms with van der Waals surface area (Å²) in [6.45, 7) is 6.53. The fourth-order valence-electron chi connectivity index (χ4n) is 2.79. The average Bonchev–Trinajstić information content (AvgIpc) is 2.36. The fraction of sp³-hybridized carbons (Fsp3) is 0.500. The van der Waals surface area contributed by atoms with E-state index in [0.717, 1.165) is 12.0 Å². The molecule has 0 saturated carbocycles. The number of carboxylic acid groups (broad SMARTS) is 1. The van der Waals surface area contributed by atoms with E-state index in [-0.39, 0.29) is 23.8 Å². The van der Waals surface area contributed by atoms with Gasteiger partial charge < -0.3 is 10.0 Å². The van der Waals surface area contributed by atoms with Crippen molar-refractivity contribution < 1.29 is 14.7 Å². The molecule has 0 aromatic heterocycles. The Labute approximate surface area is 119 Å². The minimum atomic E-state index is -0.864. The highest BCUT2D eigenvalue weighted by Gasteiger charge is 2.37. The molecule has 4 heteroatoms. The van der Waals surface area contributed by atoms with Crippen LogP contribution in [0.3, 0.4) is 0 Å². The van der Waals surface area contributed by atoms with Crippen molar-refractivity contribution in [3.63, 3.8) is 0 Å². The van der Waals surface area contributed by atoms with Gasteiger partial charge in [-0.1, -0.05) is 39.0 Å². The number of nitrogens with zero attached hydrogens (tertiary/aromatic N) is 1. The third-order valence-corrected chi connectivity index (χ3v) is 3.87. The summed E-state index contributed by atoms with van der Waals surface area (Å²) < 4.78 is 0. The van der Waals surface area contributed by atoms with Crippen LogP contribution in [0.1, 0.15) is 43.1 Å². The number of hydrogen-bond donors (Lipinski definition) is 1. The van der Waals surface area contributed by atoms with E-state index < -0.39 is 5.97 Å². The summed E-state index contributed by atoms with van der Waals surface area (Å²) in [5.74, 6) is -0.912. The Morgan fingerprint density at radius 3 is 2.60 bits per heavy atom. The summed E-state index contributed by atoms with van der Waals surface area (Å²) in [4.78, 5) is 25.5. The third-order valence-electron chi connectivity index (χ3n) is 3.87. The summed E-state index contributed by atoms with van der Waals surface area (Å²) in [5.41, 5.74) is 1.50. The topological polar surface area (TPSA) is 57.6 Å². The van der Waals surface area contributed by atoms with Crippen molar-refractivity contribution in [2.24, 2.45) is 5.41 Å². The van der Waals surface area contributed by atoms with E-state index in [1.807, 2.05) is 45.0 Å². The quantitative estimate of drug-likeness (QED) is 0.922.